The SMILES string of the molecule is Cc1ccc(F)c(NC(=O)c2ccc[nH]c2=O)c1. The van der Waals surface area contributed by atoms with Crippen LogP contribution in [-0.2, 0) is 0 Å². The Kier molecular flexibility index (Phi) is 3.23. The van der Waals surface area contributed by atoms with Gasteiger partial charge < -0.3 is 10.3 Å². The topological polar surface area (TPSA) is 62.0 Å². The van der Waals surface area contributed by atoms with Crippen molar-refractivity contribution < 1.29 is 9.18 Å². The van der Waals surface area contributed by atoms with Crippen LogP contribution in [0, 0.1) is 12.7 Å². The number of nitrogens with one attached hydrogen (secondary N) is 2. The number of pyridine rings is 1. The maximum Gasteiger partial charge on any atom is 0.261 e. The third kappa shape index (κ3) is 2.45. The number of carbonyl (C=O) groups excluding carboxylic acids is 1. The van der Waals surface area contributed by atoms with Crippen LogP contribution in [0.1, 0.15) is 15.9 Å². The fraction of sp³-hybridized carbons (Fsp3) is 0.0769. The molecule has 1 heterocycles. The molecule has 1 aromatic carbocycles. The van der Waals surface area contributed by atoms with Crippen LogP contribution in [0.5, 0.6) is 0 Å². The molecule has 0 radical (unpaired) electrons. The Morgan fingerprint density at radius 1 is 1.33 bits per heavy atom. The fourth-order valence-corrected chi connectivity index (χ4v) is 1.52. The molecule has 5 heteroatoms. The Hall–Kier alpha value is -2.43. The van der Waals surface area contributed by atoms with E-state index in [1.807, 2.05) is 0 Å². The van der Waals surface area contributed by atoms with Crippen molar-refractivity contribution in [1.29, 1.82) is 0 Å². The number of aryl methyl sites for hydroxylation is 1. The van der Waals surface area contributed by atoms with Crippen LogP contribution in [0.15, 0.2) is 41.3 Å². The monoisotopic (exact) mass is 246 g/mol. The van der Waals surface area contributed by atoms with E-state index in [1.165, 1.54) is 30.5 Å². The number of carbonyl (C=O) groups is 1. The lowest BCUT2D eigenvalue weighted by atomic mass is 10.2. The molecule has 0 saturated carbocycles. The number of aromatic nitrogens is 1. The van der Waals surface area contributed by atoms with E-state index in [0.29, 0.717) is 0 Å². The van der Waals surface area contributed by atoms with E-state index in [9.17, 15) is 14.0 Å². The standard InChI is InChI=1S/C13H11FN2O2/c1-8-4-5-10(14)11(7-8)16-13(18)9-3-2-6-15-12(9)17/h2-7H,1H3,(H,15,17)(H,16,18). The van der Waals surface area contributed by atoms with E-state index in [0.717, 1.165) is 5.56 Å². The van der Waals surface area contributed by atoms with Crippen molar-refractivity contribution in [2.24, 2.45) is 0 Å². The van der Waals surface area contributed by atoms with Gasteiger partial charge in [0.2, 0.25) is 0 Å². The molecule has 0 unspecified atom stereocenters. The van der Waals surface area contributed by atoms with Crippen LogP contribution < -0.4 is 10.9 Å². The van der Waals surface area contributed by atoms with Crippen LogP contribution in [0.4, 0.5) is 10.1 Å². The van der Waals surface area contributed by atoms with Crippen molar-refractivity contribution in [3.63, 3.8) is 0 Å². The number of H-pyrrole nitrogens is 1. The summed E-state index contributed by atoms with van der Waals surface area (Å²) in [5, 5.41) is 2.37. The molecule has 0 bridgehead atoms. The molecule has 0 aliphatic carbocycles. The van der Waals surface area contributed by atoms with Gasteiger partial charge in [-0.2, -0.15) is 0 Å². The Morgan fingerprint density at radius 3 is 2.83 bits per heavy atom. The van der Waals surface area contributed by atoms with Gasteiger partial charge in [0.1, 0.15) is 11.4 Å². The lowest BCUT2D eigenvalue weighted by Crippen LogP contribution is -2.22. The molecule has 1 aromatic heterocycles. The van der Waals surface area contributed by atoms with Gasteiger partial charge in [-0.15, -0.1) is 0 Å². The van der Waals surface area contributed by atoms with E-state index in [-0.39, 0.29) is 11.3 Å². The first kappa shape index (κ1) is 12.0. The molecule has 2 N–H and O–H groups in total. The summed E-state index contributed by atoms with van der Waals surface area (Å²) in [5.41, 5.74) is 0.304. The molecule has 2 aromatic rings. The van der Waals surface area contributed by atoms with Gasteiger partial charge in [-0.25, -0.2) is 4.39 Å². The molecule has 0 saturated heterocycles. The number of benzene rings is 1. The Balaban J connectivity index is 2.30. The summed E-state index contributed by atoms with van der Waals surface area (Å²) in [6.07, 6.45) is 1.42. The molecule has 18 heavy (non-hydrogen) atoms. The van der Waals surface area contributed by atoms with Crippen molar-refractivity contribution >= 4 is 11.6 Å². The van der Waals surface area contributed by atoms with Crippen LogP contribution in [0.25, 0.3) is 0 Å². The number of halogens is 1. The Labute approximate surface area is 102 Å². The van der Waals surface area contributed by atoms with Gasteiger partial charge in [-0.3, -0.25) is 9.59 Å². The third-order valence-corrected chi connectivity index (χ3v) is 2.43. The molecular weight excluding hydrogens is 235 g/mol. The number of hydrogen-bond donors (Lipinski definition) is 2. The summed E-state index contributed by atoms with van der Waals surface area (Å²) >= 11 is 0. The van der Waals surface area contributed by atoms with Gasteiger partial charge >= 0.3 is 0 Å². The normalized spacial score (nSPS) is 10.1. The average molecular weight is 246 g/mol. The summed E-state index contributed by atoms with van der Waals surface area (Å²) in [4.78, 5) is 25.6. The first-order valence-electron chi connectivity index (χ1n) is 5.33. The first-order chi connectivity index (χ1) is 8.58. The fourth-order valence-electron chi connectivity index (χ4n) is 1.52. The lowest BCUT2D eigenvalue weighted by molar-refractivity contribution is 0.102. The zero-order valence-corrected chi connectivity index (χ0v) is 9.66. The molecule has 0 spiro atoms. The first-order valence-corrected chi connectivity index (χ1v) is 5.33. The van der Waals surface area contributed by atoms with Gasteiger partial charge in [0.05, 0.1) is 5.69 Å². The molecule has 4 nitrogen and oxygen atoms in total. The van der Waals surface area contributed by atoms with E-state index in [1.54, 1.807) is 13.0 Å². The number of amides is 1. The number of aromatic amines is 1. The molecule has 0 aliphatic rings. The highest BCUT2D eigenvalue weighted by Crippen LogP contribution is 2.16. The zero-order chi connectivity index (χ0) is 13.1. The maximum absolute atomic E-state index is 13.4. The van der Waals surface area contributed by atoms with Crippen molar-refractivity contribution in [1.82, 2.24) is 4.98 Å². The number of hydrogen-bond acceptors (Lipinski definition) is 2. The molecule has 2 rings (SSSR count). The molecule has 92 valence electrons. The largest absolute Gasteiger partial charge is 0.328 e. The predicted molar refractivity (Wildman–Crippen MR) is 66.2 cm³/mol. The summed E-state index contributed by atoms with van der Waals surface area (Å²) in [7, 11) is 0. The van der Waals surface area contributed by atoms with Crippen molar-refractivity contribution in [2.45, 2.75) is 6.92 Å². The van der Waals surface area contributed by atoms with Gasteiger partial charge in [0.25, 0.3) is 11.5 Å². The van der Waals surface area contributed by atoms with Gasteiger partial charge in [-0.1, -0.05) is 6.07 Å². The van der Waals surface area contributed by atoms with Crippen molar-refractivity contribution in [2.75, 3.05) is 5.32 Å². The average Bonchev–Trinajstić information content (AvgIpc) is 2.34. The van der Waals surface area contributed by atoms with E-state index < -0.39 is 17.3 Å². The lowest BCUT2D eigenvalue weighted by Gasteiger charge is -2.06. The quantitative estimate of drug-likeness (QED) is 0.852. The predicted octanol–water partition coefficient (Wildman–Crippen LogP) is 2.07. The second-order valence-electron chi connectivity index (χ2n) is 3.85. The minimum Gasteiger partial charge on any atom is -0.328 e. The zero-order valence-electron chi connectivity index (χ0n) is 9.66. The highest BCUT2D eigenvalue weighted by Gasteiger charge is 2.12. The highest BCUT2D eigenvalue weighted by atomic mass is 19.1. The molecule has 0 atom stereocenters. The van der Waals surface area contributed by atoms with Crippen LogP contribution in [0.3, 0.4) is 0 Å². The smallest absolute Gasteiger partial charge is 0.261 e. The number of rotatable bonds is 2. The second kappa shape index (κ2) is 4.83. The summed E-state index contributed by atoms with van der Waals surface area (Å²) < 4.78 is 13.4. The van der Waals surface area contributed by atoms with Crippen molar-refractivity contribution in [3.8, 4) is 0 Å². The maximum atomic E-state index is 13.4. The van der Waals surface area contributed by atoms with E-state index >= 15 is 0 Å². The van der Waals surface area contributed by atoms with E-state index in [2.05, 4.69) is 10.3 Å². The van der Waals surface area contributed by atoms with Crippen LogP contribution in [-0.4, -0.2) is 10.9 Å². The van der Waals surface area contributed by atoms with Gasteiger partial charge in [0.15, 0.2) is 0 Å². The molecule has 0 fully saturated rings. The van der Waals surface area contributed by atoms with Gasteiger partial charge in [-0.05, 0) is 36.8 Å². The Bertz CT molecular complexity index is 649. The molecular formula is C13H11FN2O2. The third-order valence-electron chi connectivity index (χ3n) is 2.43. The van der Waals surface area contributed by atoms with Crippen LogP contribution >= 0.6 is 0 Å². The summed E-state index contributed by atoms with van der Waals surface area (Å²) in [6, 6.07) is 7.27. The number of anilines is 1. The molecule has 1 amide bonds. The van der Waals surface area contributed by atoms with Gasteiger partial charge in [0, 0.05) is 6.20 Å². The van der Waals surface area contributed by atoms with Crippen LogP contribution in [0.2, 0.25) is 0 Å². The van der Waals surface area contributed by atoms with E-state index in [4.69, 9.17) is 0 Å². The summed E-state index contributed by atoms with van der Waals surface area (Å²) in [5.74, 6) is -1.18. The van der Waals surface area contributed by atoms with Crippen molar-refractivity contribution in [3.05, 3.63) is 63.8 Å². The minimum atomic E-state index is -0.638. The second-order valence-corrected chi connectivity index (χ2v) is 3.85. The molecule has 0 aliphatic heterocycles. The highest BCUT2D eigenvalue weighted by molar-refractivity contribution is 6.04. The summed E-state index contributed by atoms with van der Waals surface area (Å²) in [6.45, 7) is 1.78. The Morgan fingerprint density at radius 2 is 2.11 bits per heavy atom. The minimum absolute atomic E-state index is 0.0570.